The number of nitrogens with zero attached hydrogens (tertiary/aromatic N) is 5. The second-order valence-corrected chi connectivity index (χ2v) is 8.59. The van der Waals surface area contributed by atoms with Crippen molar-refractivity contribution < 1.29 is 4.79 Å². The number of aromatic nitrogens is 3. The molecule has 2 aromatic heterocycles. The molecule has 0 N–H and O–H groups in total. The zero-order valence-corrected chi connectivity index (χ0v) is 18.3. The minimum absolute atomic E-state index is 0.0701. The molecule has 0 unspecified atom stereocenters. The van der Waals surface area contributed by atoms with Crippen molar-refractivity contribution in [1.29, 1.82) is 0 Å². The van der Waals surface area contributed by atoms with Crippen LogP contribution in [0.5, 0.6) is 0 Å². The summed E-state index contributed by atoms with van der Waals surface area (Å²) in [4.78, 5) is 21.7. The van der Waals surface area contributed by atoms with Crippen LogP contribution in [0.3, 0.4) is 0 Å². The molecular formula is C26H29N5O. The van der Waals surface area contributed by atoms with E-state index in [1.807, 2.05) is 64.3 Å². The van der Waals surface area contributed by atoms with Crippen molar-refractivity contribution in [3.05, 3.63) is 72.7 Å². The van der Waals surface area contributed by atoms with Gasteiger partial charge in [-0.25, -0.2) is 4.68 Å². The van der Waals surface area contributed by atoms with Crippen LogP contribution < -0.4 is 0 Å². The highest BCUT2D eigenvalue weighted by Crippen LogP contribution is 2.26. The Morgan fingerprint density at radius 2 is 1.75 bits per heavy atom. The minimum atomic E-state index is 0.0701. The van der Waals surface area contributed by atoms with Gasteiger partial charge in [-0.3, -0.25) is 14.7 Å². The third-order valence-electron chi connectivity index (χ3n) is 6.57. The van der Waals surface area contributed by atoms with Gasteiger partial charge >= 0.3 is 0 Å². The zero-order valence-electron chi connectivity index (χ0n) is 18.3. The Labute approximate surface area is 189 Å². The van der Waals surface area contributed by atoms with Crippen molar-refractivity contribution in [3.63, 3.8) is 0 Å². The molecule has 32 heavy (non-hydrogen) atoms. The first-order chi connectivity index (χ1) is 15.8. The molecule has 2 fully saturated rings. The molecule has 3 aromatic rings. The van der Waals surface area contributed by atoms with Crippen LogP contribution in [0.4, 0.5) is 0 Å². The molecule has 1 amide bonds. The Balaban J connectivity index is 1.32. The van der Waals surface area contributed by atoms with Crippen molar-refractivity contribution in [2.75, 3.05) is 26.2 Å². The van der Waals surface area contributed by atoms with Gasteiger partial charge in [0, 0.05) is 68.0 Å². The van der Waals surface area contributed by atoms with Gasteiger partial charge in [0.25, 0.3) is 0 Å². The Hall–Kier alpha value is -3.25. The molecule has 0 atom stereocenters. The third-order valence-corrected chi connectivity index (χ3v) is 6.57. The molecule has 164 valence electrons. The summed E-state index contributed by atoms with van der Waals surface area (Å²) in [7, 11) is 0. The SMILES string of the molecule is O=C(/C=C/c1cn(-c2ccccc2)nc1-c1cccnc1)N1CCN(C2CCCC2)CC1. The summed E-state index contributed by atoms with van der Waals surface area (Å²) in [5, 5.41) is 4.79. The fraction of sp³-hybridized carbons (Fsp3) is 0.346. The van der Waals surface area contributed by atoms with Gasteiger partial charge in [-0.05, 0) is 43.2 Å². The number of benzene rings is 1. The summed E-state index contributed by atoms with van der Waals surface area (Å²) in [6, 6.07) is 14.6. The van der Waals surface area contributed by atoms with Crippen molar-refractivity contribution in [3.8, 4) is 16.9 Å². The van der Waals surface area contributed by atoms with Gasteiger partial charge in [0.05, 0.1) is 5.69 Å². The molecule has 0 bridgehead atoms. The average Bonchev–Trinajstić information content (AvgIpc) is 3.54. The second-order valence-electron chi connectivity index (χ2n) is 8.59. The van der Waals surface area contributed by atoms with E-state index in [1.165, 1.54) is 25.7 Å². The molecule has 1 aromatic carbocycles. The summed E-state index contributed by atoms with van der Waals surface area (Å²) >= 11 is 0. The Morgan fingerprint density at radius 1 is 0.969 bits per heavy atom. The number of piperazine rings is 1. The molecule has 2 aliphatic rings. The molecule has 0 spiro atoms. The maximum Gasteiger partial charge on any atom is 0.246 e. The van der Waals surface area contributed by atoms with E-state index in [4.69, 9.17) is 5.10 Å². The van der Waals surface area contributed by atoms with E-state index in [0.29, 0.717) is 0 Å². The lowest BCUT2D eigenvalue weighted by molar-refractivity contribution is -0.127. The van der Waals surface area contributed by atoms with E-state index < -0.39 is 0 Å². The molecule has 6 nitrogen and oxygen atoms in total. The number of hydrogen-bond donors (Lipinski definition) is 0. The Morgan fingerprint density at radius 3 is 2.47 bits per heavy atom. The first kappa shape index (κ1) is 20.6. The molecule has 3 heterocycles. The normalized spacial score (nSPS) is 17.9. The molecule has 1 saturated heterocycles. The maximum absolute atomic E-state index is 12.9. The maximum atomic E-state index is 12.9. The molecule has 1 saturated carbocycles. The Bertz CT molecular complexity index is 1060. The van der Waals surface area contributed by atoms with Gasteiger partial charge in [-0.1, -0.05) is 31.0 Å². The van der Waals surface area contributed by atoms with Gasteiger partial charge < -0.3 is 4.90 Å². The second kappa shape index (κ2) is 9.49. The monoisotopic (exact) mass is 427 g/mol. The predicted molar refractivity (Wildman–Crippen MR) is 126 cm³/mol. The van der Waals surface area contributed by atoms with Crippen LogP contribution >= 0.6 is 0 Å². The fourth-order valence-electron chi connectivity index (χ4n) is 4.79. The predicted octanol–water partition coefficient (Wildman–Crippen LogP) is 4.03. The minimum Gasteiger partial charge on any atom is -0.337 e. The van der Waals surface area contributed by atoms with Gasteiger partial charge in [0.15, 0.2) is 0 Å². The van der Waals surface area contributed by atoms with Crippen LogP contribution in [-0.4, -0.2) is 62.7 Å². The quantitative estimate of drug-likeness (QED) is 0.577. The molecule has 0 radical (unpaired) electrons. The van der Waals surface area contributed by atoms with E-state index in [9.17, 15) is 4.79 Å². The highest BCUT2D eigenvalue weighted by atomic mass is 16.2. The van der Waals surface area contributed by atoms with Crippen molar-refractivity contribution in [1.82, 2.24) is 24.6 Å². The number of carbonyl (C=O) groups is 1. The topological polar surface area (TPSA) is 54.3 Å². The number of pyridine rings is 1. The first-order valence-corrected chi connectivity index (χ1v) is 11.5. The summed E-state index contributed by atoms with van der Waals surface area (Å²) in [6.07, 6.45) is 14.4. The highest BCUT2D eigenvalue weighted by molar-refractivity contribution is 5.93. The largest absolute Gasteiger partial charge is 0.337 e. The van der Waals surface area contributed by atoms with Gasteiger partial charge in [-0.2, -0.15) is 5.10 Å². The van der Waals surface area contributed by atoms with Crippen molar-refractivity contribution in [2.45, 2.75) is 31.7 Å². The van der Waals surface area contributed by atoms with Crippen LogP contribution in [0.2, 0.25) is 0 Å². The van der Waals surface area contributed by atoms with Crippen LogP contribution in [0, 0.1) is 0 Å². The number of amides is 1. The van der Waals surface area contributed by atoms with E-state index in [0.717, 1.165) is 54.7 Å². The van der Waals surface area contributed by atoms with Crippen molar-refractivity contribution in [2.24, 2.45) is 0 Å². The highest BCUT2D eigenvalue weighted by Gasteiger charge is 2.27. The third kappa shape index (κ3) is 4.50. The molecule has 5 rings (SSSR count). The standard InChI is InChI=1S/C26H29N5O/c32-25(30-17-15-29(16-18-30)23-8-4-5-9-23)13-12-22-20-31(24-10-2-1-3-11-24)28-26(22)21-7-6-14-27-19-21/h1-3,6-7,10-14,19-20,23H,4-5,8-9,15-18H2/b13-12+. The van der Waals surface area contributed by atoms with Crippen LogP contribution in [-0.2, 0) is 4.79 Å². The lowest BCUT2D eigenvalue weighted by Gasteiger charge is -2.37. The smallest absolute Gasteiger partial charge is 0.246 e. The Kier molecular flexibility index (Phi) is 6.12. The molecule has 1 aliphatic heterocycles. The summed E-state index contributed by atoms with van der Waals surface area (Å²) in [6.45, 7) is 3.57. The number of rotatable bonds is 5. The van der Waals surface area contributed by atoms with Crippen LogP contribution in [0.25, 0.3) is 23.0 Å². The van der Waals surface area contributed by atoms with Gasteiger partial charge in [-0.15, -0.1) is 0 Å². The van der Waals surface area contributed by atoms with E-state index in [1.54, 1.807) is 18.5 Å². The molecule has 1 aliphatic carbocycles. The van der Waals surface area contributed by atoms with Gasteiger partial charge in [0.1, 0.15) is 5.69 Å². The summed E-state index contributed by atoms with van der Waals surface area (Å²) in [5.41, 5.74) is 3.63. The zero-order chi connectivity index (χ0) is 21.8. The number of hydrogen-bond acceptors (Lipinski definition) is 4. The lowest BCUT2D eigenvalue weighted by Crippen LogP contribution is -2.51. The lowest BCUT2D eigenvalue weighted by atomic mass is 10.1. The van der Waals surface area contributed by atoms with E-state index >= 15 is 0 Å². The van der Waals surface area contributed by atoms with Crippen LogP contribution in [0.1, 0.15) is 31.2 Å². The first-order valence-electron chi connectivity index (χ1n) is 11.5. The summed E-state index contributed by atoms with van der Waals surface area (Å²) < 4.78 is 1.85. The number of carbonyl (C=O) groups excluding carboxylic acids is 1. The van der Waals surface area contributed by atoms with E-state index in [2.05, 4.69) is 9.88 Å². The van der Waals surface area contributed by atoms with Crippen LogP contribution in [0.15, 0.2) is 67.1 Å². The number of para-hydroxylation sites is 1. The fourth-order valence-corrected chi connectivity index (χ4v) is 4.79. The molecular weight excluding hydrogens is 398 g/mol. The summed E-state index contributed by atoms with van der Waals surface area (Å²) in [5.74, 6) is 0.0701. The van der Waals surface area contributed by atoms with E-state index in [-0.39, 0.29) is 5.91 Å². The average molecular weight is 428 g/mol. The van der Waals surface area contributed by atoms with Gasteiger partial charge in [0.2, 0.25) is 5.91 Å². The van der Waals surface area contributed by atoms with Crippen molar-refractivity contribution >= 4 is 12.0 Å². The molecule has 6 heteroatoms.